The minimum atomic E-state index is -0.607. The average Bonchev–Trinajstić information content (AvgIpc) is 2.90. The van der Waals surface area contributed by atoms with Crippen LogP contribution in [-0.2, 0) is 14.3 Å². The minimum Gasteiger partial charge on any atom is -0.465 e. The third-order valence-electron chi connectivity index (χ3n) is 5.57. The van der Waals surface area contributed by atoms with Crippen LogP contribution in [0.4, 0.5) is 10.5 Å². The smallest absolute Gasteiger partial charge is 0.326 e. The first-order valence-corrected chi connectivity index (χ1v) is 11.3. The van der Waals surface area contributed by atoms with Gasteiger partial charge in [-0.25, -0.2) is 0 Å². The van der Waals surface area contributed by atoms with Crippen LogP contribution in [0.15, 0.2) is 17.0 Å². The van der Waals surface area contributed by atoms with E-state index in [9.17, 15) is 14.4 Å². The Labute approximate surface area is 186 Å². The van der Waals surface area contributed by atoms with Crippen molar-refractivity contribution in [1.29, 1.82) is 0 Å². The summed E-state index contributed by atoms with van der Waals surface area (Å²) in [5, 5.41) is 0.0370. The number of benzene rings is 1. The normalized spacial score (nSPS) is 21.9. The fourth-order valence-corrected chi connectivity index (χ4v) is 5.38. The van der Waals surface area contributed by atoms with E-state index in [-0.39, 0.29) is 23.6 Å². The number of hydrogen-bond donors (Lipinski definition) is 0. The van der Waals surface area contributed by atoms with Crippen LogP contribution >= 0.6 is 23.4 Å². The number of hydrogen-bond acceptors (Lipinski definition) is 6. The Kier molecular flexibility index (Phi) is 6.53. The topological polar surface area (TPSA) is 66.9 Å². The zero-order chi connectivity index (χ0) is 22.2. The van der Waals surface area contributed by atoms with Crippen LogP contribution in [0.25, 0.3) is 6.08 Å². The lowest BCUT2D eigenvalue weighted by molar-refractivity contribution is -0.145. The molecule has 1 atom stereocenters. The lowest BCUT2D eigenvalue weighted by Crippen LogP contribution is -2.48. The molecule has 0 saturated carbocycles. The summed E-state index contributed by atoms with van der Waals surface area (Å²) in [6.45, 7) is 11.1. The van der Waals surface area contributed by atoms with Crippen molar-refractivity contribution in [2.24, 2.45) is 0 Å². The highest BCUT2D eigenvalue weighted by Crippen LogP contribution is 2.45. The Bertz CT molecular complexity index is 928. The van der Waals surface area contributed by atoms with Gasteiger partial charge in [-0.15, -0.1) is 0 Å². The van der Waals surface area contributed by atoms with Crippen molar-refractivity contribution in [3.05, 3.63) is 33.2 Å². The summed E-state index contributed by atoms with van der Waals surface area (Å²) in [7, 11) is 0. The zero-order valence-corrected chi connectivity index (χ0v) is 19.5. The molecule has 2 heterocycles. The van der Waals surface area contributed by atoms with Gasteiger partial charge in [0.05, 0.1) is 11.5 Å². The van der Waals surface area contributed by atoms with Crippen molar-refractivity contribution >= 4 is 52.2 Å². The molecule has 1 saturated heterocycles. The summed E-state index contributed by atoms with van der Waals surface area (Å²) in [6, 6.07) is 3.96. The third kappa shape index (κ3) is 4.23. The molecule has 1 aromatic rings. The van der Waals surface area contributed by atoms with Gasteiger partial charge in [-0.2, -0.15) is 0 Å². The van der Waals surface area contributed by atoms with Gasteiger partial charge in [0.15, 0.2) is 0 Å². The zero-order valence-electron chi connectivity index (χ0n) is 18.0. The Morgan fingerprint density at radius 2 is 2.03 bits per heavy atom. The van der Waals surface area contributed by atoms with E-state index in [0.717, 1.165) is 35.3 Å². The number of anilines is 1. The fourth-order valence-electron chi connectivity index (χ4n) is 4.34. The van der Waals surface area contributed by atoms with E-state index in [2.05, 4.69) is 32.6 Å². The minimum absolute atomic E-state index is 0.0295. The maximum absolute atomic E-state index is 12.7. The Hall–Kier alpha value is -1.99. The number of halogens is 1. The average molecular weight is 451 g/mol. The van der Waals surface area contributed by atoms with Crippen molar-refractivity contribution < 1.29 is 19.1 Å². The number of nitrogens with zero attached hydrogens (tertiary/aromatic N) is 2. The molecule has 0 spiro atoms. The third-order valence-corrected chi connectivity index (χ3v) is 6.81. The molecule has 30 heavy (non-hydrogen) atoms. The van der Waals surface area contributed by atoms with E-state index in [1.807, 2.05) is 12.1 Å². The van der Waals surface area contributed by atoms with E-state index >= 15 is 0 Å². The Morgan fingerprint density at radius 1 is 1.33 bits per heavy atom. The van der Waals surface area contributed by atoms with Gasteiger partial charge in [0, 0.05) is 22.8 Å². The van der Waals surface area contributed by atoms with Gasteiger partial charge in [-0.3, -0.25) is 19.3 Å². The van der Waals surface area contributed by atoms with Gasteiger partial charge < -0.3 is 9.64 Å². The first kappa shape index (κ1) is 22.7. The van der Waals surface area contributed by atoms with E-state index < -0.39 is 17.1 Å². The lowest BCUT2D eigenvalue weighted by Gasteiger charge is -2.47. The summed E-state index contributed by atoms with van der Waals surface area (Å²) in [5.41, 5.74) is 3.01. The van der Waals surface area contributed by atoms with Gasteiger partial charge >= 0.3 is 5.97 Å². The first-order valence-electron chi connectivity index (χ1n) is 10.1. The SMILES string of the molecule is CCOC(=O)CN1C(=O)S/C(=C\c2cc3c(cc2Cl)N(CC)C(C)(C)CC3C)C1=O. The molecule has 2 aliphatic heterocycles. The van der Waals surface area contributed by atoms with Crippen LogP contribution < -0.4 is 4.90 Å². The van der Waals surface area contributed by atoms with E-state index in [4.69, 9.17) is 16.3 Å². The summed E-state index contributed by atoms with van der Waals surface area (Å²) in [4.78, 5) is 40.1. The maximum atomic E-state index is 12.7. The van der Waals surface area contributed by atoms with Crippen molar-refractivity contribution in [2.45, 2.75) is 52.5 Å². The van der Waals surface area contributed by atoms with Crippen molar-refractivity contribution in [2.75, 3.05) is 24.6 Å². The largest absolute Gasteiger partial charge is 0.465 e. The number of carbonyl (C=O) groups is 3. The van der Waals surface area contributed by atoms with Crippen molar-refractivity contribution in [1.82, 2.24) is 4.90 Å². The van der Waals surface area contributed by atoms with E-state index in [0.29, 0.717) is 16.5 Å². The number of thioether (sulfide) groups is 1. The number of carbonyl (C=O) groups excluding carboxylic acids is 3. The summed E-state index contributed by atoms with van der Waals surface area (Å²) in [5.74, 6) is -0.777. The molecule has 0 aromatic heterocycles. The summed E-state index contributed by atoms with van der Waals surface area (Å²) in [6.07, 6.45) is 2.65. The Morgan fingerprint density at radius 3 is 2.67 bits per heavy atom. The molecule has 0 radical (unpaired) electrons. The highest BCUT2D eigenvalue weighted by atomic mass is 35.5. The first-order chi connectivity index (χ1) is 14.1. The predicted molar refractivity (Wildman–Crippen MR) is 121 cm³/mol. The monoisotopic (exact) mass is 450 g/mol. The number of amides is 2. The molecule has 0 N–H and O–H groups in total. The molecular formula is C22H27ClN2O4S. The molecule has 0 aliphatic carbocycles. The van der Waals surface area contributed by atoms with Gasteiger partial charge in [-0.05, 0) is 81.1 Å². The van der Waals surface area contributed by atoms with E-state index in [1.54, 1.807) is 13.0 Å². The number of rotatable bonds is 5. The second-order valence-corrected chi connectivity index (χ2v) is 9.57. The number of ether oxygens (including phenoxy) is 1. The number of fused-ring (bicyclic) bond motifs is 1. The molecule has 1 unspecified atom stereocenters. The van der Waals surface area contributed by atoms with Crippen LogP contribution in [0.2, 0.25) is 5.02 Å². The molecule has 1 fully saturated rings. The van der Waals surface area contributed by atoms with Crippen molar-refractivity contribution in [3.8, 4) is 0 Å². The van der Waals surface area contributed by atoms with Crippen molar-refractivity contribution in [3.63, 3.8) is 0 Å². The molecule has 2 amide bonds. The molecular weight excluding hydrogens is 424 g/mol. The standard InChI is InChI=1S/C22H27ClN2O4S/c1-6-25-17-10-16(23)14(8-15(17)13(3)11-22(25,4)5)9-18-20(27)24(21(28)30-18)12-19(26)29-7-2/h8-10,13H,6-7,11-12H2,1-5H3/b18-9-. The molecule has 8 heteroatoms. The van der Waals surface area contributed by atoms with Gasteiger partial charge in [0.25, 0.3) is 11.1 Å². The predicted octanol–water partition coefficient (Wildman–Crippen LogP) is 5.05. The second-order valence-electron chi connectivity index (χ2n) is 8.17. The molecule has 162 valence electrons. The summed E-state index contributed by atoms with van der Waals surface area (Å²) >= 11 is 7.39. The quantitative estimate of drug-likeness (QED) is 0.461. The molecule has 2 aliphatic rings. The van der Waals surface area contributed by atoms with Gasteiger partial charge in [-0.1, -0.05) is 18.5 Å². The second kappa shape index (κ2) is 8.63. The van der Waals surface area contributed by atoms with Crippen LogP contribution in [0.5, 0.6) is 0 Å². The van der Waals surface area contributed by atoms with E-state index in [1.165, 1.54) is 5.56 Å². The van der Waals surface area contributed by atoms with Crippen LogP contribution in [-0.4, -0.2) is 47.3 Å². The van der Waals surface area contributed by atoms with Gasteiger partial charge in [0.2, 0.25) is 0 Å². The maximum Gasteiger partial charge on any atom is 0.326 e. The number of esters is 1. The molecule has 1 aromatic carbocycles. The molecule has 0 bridgehead atoms. The fraction of sp³-hybridized carbons (Fsp3) is 0.500. The molecule has 6 nitrogen and oxygen atoms in total. The highest BCUT2D eigenvalue weighted by Gasteiger charge is 2.38. The number of imide groups is 1. The lowest BCUT2D eigenvalue weighted by atomic mass is 9.79. The van der Waals surface area contributed by atoms with Crippen LogP contribution in [0.1, 0.15) is 58.1 Å². The molecule has 3 rings (SSSR count). The van der Waals surface area contributed by atoms with Crippen LogP contribution in [0.3, 0.4) is 0 Å². The highest BCUT2D eigenvalue weighted by molar-refractivity contribution is 8.18. The van der Waals surface area contributed by atoms with Gasteiger partial charge in [0.1, 0.15) is 6.54 Å². The Balaban J connectivity index is 1.94. The van der Waals surface area contributed by atoms with Crippen LogP contribution in [0, 0.1) is 0 Å². The summed E-state index contributed by atoms with van der Waals surface area (Å²) < 4.78 is 4.85.